The van der Waals surface area contributed by atoms with Crippen molar-refractivity contribution in [3.63, 3.8) is 0 Å². The van der Waals surface area contributed by atoms with Crippen LogP contribution in [0.2, 0.25) is 0 Å². The van der Waals surface area contributed by atoms with E-state index in [1.807, 2.05) is 52.3 Å². The first-order valence-electron chi connectivity index (χ1n) is 10.3. The number of piperazine rings is 1. The first-order chi connectivity index (χ1) is 14.2. The van der Waals surface area contributed by atoms with Gasteiger partial charge in [0.25, 0.3) is 5.91 Å². The molecule has 0 N–H and O–H groups in total. The van der Waals surface area contributed by atoms with Gasteiger partial charge in [-0.1, -0.05) is 37.3 Å². The van der Waals surface area contributed by atoms with E-state index in [0.29, 0.717) is 11.3 Å². The molecule has 29 heavy (non-hydrogen) atoms. The third-order valence-electron chi connectivity index (χ3n) is 5.76. The van der Waals surface area contributed by atoms with Crippen LogP contribution >= 0.6 is 11.8 Å². The normalized spacial score (nSPS) is 16.7. The van der Waals surface area contributed by atoms with Crippen LogP contribution in [0, 0.1) is 0 Å². The molecule has 0 unspecified atom stereocenters. The molecule has 5 nitrogen and oxygen atoms in total. The van der Waals surface area contributed by atoms with E-state index < -0.39 is 0 Å². The number of para-hydroxylation sites is 1. The molecular weight excluding hydrogens is 382 g/mol. The number of rotatable bonds is 5. The van der Waals surface area contributed by atoms with Crippen molar-refractivity contribution in [3.05, 3.63) is 59.7 Å². The van der Waals surface area contributed by atoms with Crippen LogP contribution in [0.4, 0.5) is 5.69 Å². The molecular formula is C23H27N3O2S. The molecule has 1 fully saturated rings. The van der Waals surface area contributed by atoms with Crippen molar-refractivity contribution >= 4 is 29.3 Å². The van der Waals surface area contributed by atoms with Gasteiger partial charge < -0.3 is 14.7 Å². The van der Waals surface area contributed by atoms with Crippen molar-refractivity contribution in [2.75, 3.05) is 49.9 Å². The first kappa shape index (κ1) is 20.0. The number of thioether (sulfide) groups is 1. The zero-order chi connectivity index (χ0) is 20.2. The zero-order valence-electron chi connectivity index (χ0n) is 16.8. The van der Waals surface area contributed by atoms with Gasteiger partial charge in [0.05, 0.1) is 11.3 Å². The van der Waals surface area contributed by atoms with E-state index in [9.17, 15) is 9.59 Å². The fourth-order valence-electron chi connectivity index (χ4n) is 4.02. The second-order valence-corrected chi connectivity index (χ2v) is 8.45. The van der Waals surface area contributed by atoms with Crippen molar-refractivity contribution in [1.82, 2.24) is 9.80 Å². The van der Waals surface area contributed by atoms with Crippen LogP contribution in [0.5, 0.6) is 0 Å². The Morgan fingerprint density at radius 3 is 2.45 bits per heavy atom. The Morgan fingerprint density at radius 2 is 1.66 bits per heavy atom. The Kier molecular flexibility index (Phi) is 6.21. The molecule has 0 spiro atoms. The highest BCUT2D eigenvalue weighted by Crippen LogP contribution is 2.30. The van der Waals surface area contributed by atoms with Gasteiger partial charge in [0.2, 0.25) is 5.91 Å². The maximum Gasteiger partial charge on any atom is 0.255 e. The van der Waals surface area contributed by atoms with Gasteiger partial charge in [-0.3, -0.25) is 9.59 Å². The average Bonchev–Trinajstić information content (AvgIpc) is 3.21. The van der Waals surface area contributed by atoms with Crippen LogP contribution in [-0.2, 0) is 11.2 Å². The van der Waals surface area contributed by atoms with Gasteiger partial charge in [-0.05, 0) is 36.7 Å². The third kappa shape index (κ3) is 4.33. The number of amides is 2. The van der Waals surface area contributed by atoms with E-state index in [4.69, 9.17) is 0 Å². The van der Waals surface area contributed by atoms with Gasteiger partial charge >= 0.3 is 0 Å². The Balaban J connectivity index is 1.41. The summed E-state index contributed by atoms with van der Waals surface area (Å²) in [5.41, 5.74) is 2.96. The molecule has 2 amide bonds. The van der Waals surface area contributed by atoms with Gasteiger partial charge in [-0.25, -0.2) is 0 Å². The zero-order valence-corrected chi connectivity index (χ0v) is 17.7. The van der Waals surface area contributed by atoms with Crippen molar-refractivity contribution in [2.24, 2.45) is 0 Å². The van der Waals surface area contributed by atoms with E-state index in [-0.39, 0.29) is 11.8 Å². The molecule has 2 aromatic carbocycles. The lowest BCUT2D eigenvalue weighted by Crippen LogP contribution is -2.48. The minimum Gasteiger partial charge on any atom is -0.336 e. The molecule has 0 aromatic heterocycles. The lowest BCUT2D eigenvalue weighted by Gasteiger charge is -2.34. The third-order valence-corrected chi connectivity index (χ3v) is 6.82. The molecule has 2 aromatic rings. The number of hydrogen-bond acceptors (Lipinski definition) is 4. The molecule has 0 atom stereocenters. The number of benzene rings is 2. The van der Waals surface area contributed by atoms with E-state index >= 15 is 0 Å². The molecule has 0 radical (unpaired) electrons. The summed E-state index contributed by atoms with van der Waals surface area (Å²) in [6.07, 6.45) is 0.908. The lowest BCUT2D eigenvalue weighted by atomic mass is 10.2. The van der Waals surface area contributed by atoms with Gasteiger partial charge in [0.1, 0.15) is 0 Å². The summed E-state index contributed by atoms with van der Waals surface area (Å²) in [5.74, 6) is 0.504. The molecule has 1 saturated heterocycles. The van der Waals surface area contributed by atoms with Crippen molar-refractivity contribution in [1.29, 1.82) is 0 Å². The van der Waals surface area contributed by atoms with Crippen LogP contribution in [0.1, 0.15) is 22.8 Å². The van der Waals surface area contributed by atoms with Gasteiger partial charge in [0.15, 0.2) is 0 Å². The highest BCUT2D eigenvalue weighted by Gasteiger charge is 2.26. The van der Waals surface area contributed by atoms with E-state index in [1.54, 1.807) is 0 Å². The number of carbonyl (C=O) groups is 2. The van der Waals surface area contributed by atoms with Crippen LogP contribution in [0.3, 0.4) is 0 Å². The molecule has 0 aliphatic carbocycles. The van der Waals surface area contributed by atoms with E-state index in [2.05, 4.69) is 17.9 Å². The summed E-state index contributed by atoms with van der Waals surface area (Å²) in [4.78, 5) is 33.0. The minimum atomic E-state index is 0.0721. The standard InChI is InChI=1S/C23H27N3O2S/c1-2-24-13-15-25(16-14-24)23(28)19-8-4-6-10-21(19)29-17-22(27)26-12-11-18-7-3-5-9-20(18)26/h3-10H,2,11-17H2,1H3. The largest absolute Gasteiger partial charge is 0.336 e. The number of hydrogen-bond donors (Lipinski definition) is 0. The summed E-state index contributed by atoms with van der Waals surface area (Å²) in [6.45, 7) is 7.27. The van der Waals surface area contributed by atoms with Crippen molar-refractivity contribution < 1.29 is 9.59 Å². The Hall–Kier alpha value is -2.31. The first-order valence-corrected chi connectivity index (χ1v) is 11.3. The maximum absolute atomic E-state index is 13.1. The molecule has 0 bridgehead atoms. The van der Waals surface area contributed by atoms with Crippen molar-refractivity contribution in [3.8, 4) is 0 Å². The second-order valence-electron chi connectivity index (χ2n) is 7.44. The molecule has 4 rings (SSSR count). The average molecular weight is 410 g/mol. The van der Waals surface area contributed by atoms with Crippen LogP contribution in [0.15, 0.2) is 53.4 Å². The summed E-state index contributed by atoms with van der Waals surface area (Å²) in [5, 5.41) is 0. The van der Waals surface area contributed by atoms with E-state index in [1.165, 1.54) is 17.3 Å². The van der Waals surface area contributed by atoms with E-state index in [0.717, 1.165) is 56.3 Å². The number of carbonyl (C=O) groups excluding carboxylic acids is 2. The highest BCUT2D eigenvalue weighted by molar-refractivity contribution is 8.00. The highest BCUT2D eigenvalue weighted by atomic mass is 32.2. The Morgan fingerprint density at radius 1 is 0.931 bits per heavy atom. The van der Waals surface area contributed by atoms with Crippen LogP contribution in [0.25, 0.3) is 0 Å². The fraction of sp³-hybridized carbons (Fsp3) is 0.391. The molecule has 152 valence electrons. The molecule has 2 aliphatic heterocycles. The molecule has 2 aliphatic rings. The predicted molar refractivity (Wildman–Crippen MR) is 118 cm³/mol. The summed E-state index contributed by atoms with van der Waals surface area (Å²) in [6, 6.07) is 15.8. The summed E-state index contributed by atoms with van der Waals surface area (Å²) >= 11 is 1.46. The van der Waals surface area contributed by atoms with Gasteiger partial charge in [-0.15, -0.1) is 11.8 Å². The lowest BCUT2D eigenvalue weighted by molar-refractivity contribution is -0.116. The summed E-state index contributed by atoms with van der Waals surface area (Å²) < 4.78 is 0. The predicted octanol–water partition coefficient (Wildman–Crippen LogP) is 3.15. The number of likely N-dealkylation sites (N-methyl/N-ethyl adjacent to an activating group) is 1. The van der Waals surface area contributed by atoms with Gasteiger partial charge in [0, 0.05) is 43.3 Å². The molecule has 6 heteroatoms. The Labute approximate surface area is 176 Å². The minimum absolute atomic E-state index is 0.0721. The smallest absolute Gasteiger partial charge is 0.255 e. The quantitative estimate of drug-likeness (QED) is 0.712. The number of nitrogens with zero attached hydrogens (tertiary/aromatic N) is 3. The SMILES string of the molecule is CCN1CCN(C(=O)c2ccccc2SCC(=O)N2CCc3ccccc32)CC1. The summed E-state index contributed by atoms with van der Waals surface area (Å²) in [7, 11) is 0. The molecule has 2 heterocycles. The fourth-order valence-corrected chi connectivity index (χ4v) is 4.94. The molecule has 0 saturated carbocycles. The Bertz CT molecular complexity index is 893. The monoisotopic (exact) mass is 409 g/mol. The van der Waals surface area contributed by atoms with Crippen LogP contribution in [-0.4, -0.2) is 66.6 Å². The van der Waals surface area contributed by atoms with Crippen LogP contribution < -0.4 is 4.90 Å². The maximum atomic E-state index is 13.1. The number of anilines is 1. The second kappa shape index (κ2) is 9.01. The topological polar surface area (TPSA) is 43.9 Å². The van der Waals surface area contributed by atoms with Crippen molar-refractivity contribution in [2.45, 2.75) is 18.2 Å². The number of fused-ring (bicyclic) bond motifs is 1. The van der Waals surface area contributed by atoms with Gasteiger partial charge in [-0.2, -0.15) is 0 Å².